The number of benzene rings is 1. The largest absolute Gasteiger partial charge is 0.387 e. The van der Waals surface area contributed by atoms with Gasteiger partial charge in [-0.2, -0.15) is 0 Å². The summed E-state index contributed by atoms with van der Waals surface area (Å²) in [6, 6.07) is 3.75. The molecule has 0 bridgehead atoms. The van der Waals surface area contributed by atoms with Crippen molar-refractivity contribution in [1.29, 1.82) is 0 Å². The Labute approximate surface area is 126 Å². The molecule has 2 atom stereocenters. The van der Waals surface area contributed by atoms with Crippen LogP contribution in [-0.2, 0) is 0 Å². The van der Waals surface area contributed by atoms with Gasteiger partial charge in [0.25, 0.3) is 0 Å². The standard InChI is InChI=1S/C16H26F2N2O/c1-11(2)7-13(10-20(3)4)19-9-16(21)12-5-6-14(17)15(18)8-12/h5-6,8,11,13,16,19,21H,7,9-10H2,1-4H3. The number of aliphatic hydroxyl groups excluding tert-OH is 1. The van der Waals surface area contributed by atoms with Crippen LogP contribution in [0.4, 0.5) is 8.78 Å². The lowest BCUT2D eigenvalue weighted by Crippen LogP contribution is -2.41. The Balaban J connectivity index is 2.59. The summed E-state index contributed by atoms with van der Waals surface area (Å²) in [5.41, 5.74) is 0.384. The Morgan fingerprint density at radius 1 is 1.19 bits per heavy atom. The predicted molar refractivity (Wildman–Crippen MR) is 81.1 cm³/mol. The smallest absolute Gasteiger partial charge is 0.159 e. The molecule has 3 nitrogen and oxygen atoms in total. The zero-order valence-electron chi connectivity index (χ0n) is 13.2. The van der Waals surface area contributed by atoms with Gasteiger partial charge in [-0.3, -0.25) is 0 Å². The second-order valence-electron chi connectivity index (χ2n) is 6.19. The van der Waals surface area contributed by atoms with Gasteiger partial charge in [0.2, 0.25) is 0 Å². The lowest BCUT2D eigenvalue weighted by Gasteiger charge is -2.25. The van der Waals surface area contributed by atoms with Gasteiger partial charge in [-0.15, -0.1) is 0 Å². The molecule has 0 aromatic heterocycles. The number of nitrogens with one attached hydrogen (secondary N) is 1. The van der Waals surface area contributed by atoms with Crippen LogP contribution < -0.4 is 5.32 Å². The van der Waals surface area contributed by atoms with Crippen LogP contribution in [0.25, 0.3) is 0 Å². The van der Waals surface area contributed by atoms with Gasteiger partial charge >= 0.3 is 0 Å². The van der Waals surface area contributed by atoms with Crippen molar-refractivity contribution in [3.8, 4) is 0 Å². The molecule has 1 rings (SSSR count). The summed E-state index contributed by atoms with van der Waals surface area (Å²) in [6.45, 7) is 5.48. The van der Waals surface area contributed by atoms with Crippen LogP contribution in [0, 0.1) is 17.6 Å². The van der Waals surface area contributed by atoms with Crippen molar-refractivity contribution in [3.05, 3.63) is 35.4 Å². The quantitative estimate of drug-likeness (QED) is 0.774. The molecule has 0 saturated heterocycles. The van der Waals surface area contributed by atoms with Crippen molar-refractivity contribution in [2.24, 2.45) is 5.92 Å². The molecule has 0 spiro atoms. The van der Waals surface area contributed by atoms with Gasteiger partial charge < -0.3 is 15.3 Å². The summed E-state index contributed by atoms with van der Waals surface area (Å²) in [7, 11) is 4.00. The van der Waals surface area contributed by atoms with Crippen LogP contribution in [0.15, 0.2) is 18.2 Å². The number of hydrogen-bond acceptors (Lipinski definition) is 3. The fraction of sp³-hybridized carbons (Fsp3) is 0.625. The van der Waals surface area contributed by atoms with Crippen molar-refractivity contribution < 1.29 is 13.9 Å². The highest BCUT2D eigenvalue weighted by Gasteiger charge is 2.15. The maximum absolute atomic E-state index is 13.2. The van der Waals surface area contributed by atoms with Gasteiger partial charge in [0.05, 0.1) is 6.10 Å². The van der Waals surface area contributed by atoms with Crippen LogP contribution in [0.2, 0.25) is 0 Å². The minimum absolute atomic E-state index is 0.250. The molecule has 120 valence electrons. The molecule has 1 aromatic carbocycles. The van der Waals surface area contributed by atoms with Crippen LogP contribution in [0.1, 0.15) is 31.9 Å². The summed E-state index contributed by atoms with van der Waals surface area (Å²) >= 11 is 0. The number of likely N-dealkylation sites (N-methyl/N-ethyl adjacent to an activating group) is 1. The average molecular weight is 300 g/mol. The molecule has 1 aromatic rings. The molecule has 5 heteroatoms. The number of rotatable bonds is 8. The Kier molecular flexibility index (Phi) is 7.22. The summed E-state index contributed by atoms with van der Waals surface area (Å²) in [5.74, 6) is -1.29. The van der Waals surface area contributed by atoms with E-state index in [1.165, 1.54) is 6.07 Å². The van der Waals surface area contributed by atoms with Gasteiger partial charge in [-0.1, -0.05) is 19.9 Å². The molecule has 2 N–H and O–H groups in total. The summed E-state index contributed by atoms with van der Waals surface area (Å²) in [4.78, 5) is 2.09. The van der Waals surface area contributed by atoms with Crippen LogP contribution in [0.5, 0.6) is 0 Å². The minimum Gasteiger partial charge on any atom is -0.387 e. The third kappa shape index (κ3) is 6.50. The Morgan fingerprint density at radius 3 is 2.38 bits per heavy atom. The topological polar surface area (TPSA) is 35.5 Å². The van der Waals surface area contributed by atoms with E-state index in [1.54, 1.807) is 0 Å². The first-order valence-electron chi connectivity index (χ1n) is 7.30. The van der Waals surface area contributed by atoms with E-state index >= 15 is 0 Å². The molecule has 0 fully saturated rings. The number of halogens is 2. The number of hydrogen-bond donors (Lipinski definition) is 2. The second kappa shape index (κ2) is 8.41. The predicted octanol–water partition coefficient (Wildman–Crippen LogP) is 2.56. The van der Waals surface area contributed by atoms with Gasteiger partial charge in [-0.25, -0.2) is 8.78 Å². The monoisotopic (exact) mass is 300 g/mol. The molecule has 0 aliphatic carbocycles. The van der Waals surface area contributed by atoms with Crippen molar-refractivity contribution in [2.75, 3.05) is 27.2 Å². The first-order chi connectivity index (χ1) is 9.79. The van der Waals surface area contributed by atoms with E-state index in [1.807, 2.05) is 14.1 Å². The molecule has 0 aliphatic heterocycles. The highest BCUT2D eigenvalue weighted by atomic mass is 19.2. The van der Waals surface area contributed by atoms with Gasteiger partial charge in [0.15, 0.2) is 11.6 Å². The zero-order valence-corrected chi connectivity index (χ0v) is 13.2. The average Bonchev–Trinajstić information content (AvgIpc) is 2.37. The van der Waals surface area contributed by atoms with Gasteiger partial charge in [0, 0.05) is 19.1 Å². The summed E-state index contributed by atoms with van der Waals surface area (Å²) < 4.78 is 26.1. The first kappa shape index (κ1) is 18.0. The highest BCUT2D eigenvalue weighted by molar-refractivity contribution is 5.20. The van der Waals surface area contributed by atoms with Gasteiger partial charge in [0.1, 0.15) is 0 Å². The van der Waals surface area contributed by atoms with Crippen molar-refractivity contribution in [2.45, 2.75) is 32.4 Å². The van der Waals surface area contributed by atoms with Crippen molar-refractivity contribution >= 4 is 0 Å². The number of nitrogens with zero attached hydrogens (tertiary/aromatic N) is 1. The molecule has 2 unspecified atom stereocenters. The maximum Gasteiger partial charge on any atom is 0.159 e. The van der Waals surface area contributed by atoms with E-state index in [9.17, 15) is 13.9 Å². The maximum atomic E-state index is 13.2. The SMILES string of the molecule is CC(C)CC(CN(C)C)NCC(O)c1ccc(F)c(F)c1. The van der Waals surface area contributed by atoms with Crippen LogP contribution >= 0.6 is 0 Å². The molecule has 0 radical (unpaired) electrons. The Bertz CT molecular complexity index is 428. The molecule has 21 heavy (non-hydrogen) atoms. The highest BCUT2D eigenvalue weighted by Crippen LogP contribution is 2.16. The van der Waals surface area contributed by atoms with Crippen molar-refractivity contribution in [3.63, 3.8) is 0 Å². The molecule has 0 heterocycles. The zero-order chi connectivity index (χ0) is 16.0. The lowest BCUT2D eigenvalue weighted by atomic mass is 10.0. The van der Waals surface area contributed by atoms with Crippen LogP contribution in [0.3, 0.4) is 0 Å². The molecular formula is C16H26F2N2O. The third-order valence-electron chi connectivity index (χ3n) is 3.27. The minimum atomic E-state index is -0.932. The summed E-state index contributed by atoms with van der Waals surface area (Å²) in [6.07, 6.45) is 0.139. The van der Waals surface area contributed by atoms with E-state index < -0.39 is 17.7 Å². The summed E-state index contributed by atoms with van der Waals surface area (Å²) in [5, 5.41) is 13.4. The Hall–Kier alpha value is -1.04. The number of aliphatic hydroxyl groups is 1. The molecule has 0 aliphatic rings. The first-order valence-corrected chi connectivity index (χ1v) is 7.30. The lowest BCUT2D eigenvalue weighted by molar-refractivity contribution is 0.162. The normalized spacial score (nSPS) is 14.7. The van der Waals surface area contributed by atoms with Gasteiger partial charge in [-0.05, 0) is 44.1 Å². The Morgan fingerprint density at radius 2 is 1.86 bits per heavy atom. The molecular weight excluding hydrogens is 274 g/mol. The van der Waals surface area contributed by atoms with E-state index in [0.717, 1.165) is 25.1 Å². The van der Waals surface area contributed by atoms with E-state index in [-0.39, 0.29) is 6.04 Å². The molecule has 0 amide bonds. The third-order valence-corrected chi connectivity index (χ3v) is 3.27. The van der Waals surface area contributed by atoms with E-state index in [4.69, 9.17) is 0 Å². The van der Waals surface area contributed by atoms with E-state index in [0.29, 0.717) is 18.0 Å². The fourth-order valence-electron chi connectivity index (χ4n) is 2.35. The second-order valence-corrected chi connectivity index (χ2v) is 6.19. The van der Waals surface area contributed by atoms with Crippen molar-refractivity contribution in [1.82, 2.24) is 10.2 Å². The van der Waals surface area contributed by atoms with Crippen LogP contribution in [-0.4, -0.2) is 43.2 Å². The fourth-order valence-corrected chi connectivity index (χ4v) is 2.35. The molecule has 0 saturated carbocycles. The van der Waals surface area contributed by atoms with E-state index in [2.05, 4.69) is 24.1 Å².